The van der Waals surface area contributed by atoms with E-state index in [1.54, 1.807) is 0 Å². The van der Waals surface area contributed by atoms with E-state index in [1.807, 2.05) is 18.3 Å². The summed E-state index contributed by atoms with van der Waals surface area (Å²) in [4.78, 5) is 4.10. The standard InChI is InChI=1S/C13H21ClN2/c1-5-8-13(3,4)16-10(2)11-6-7-12(14)15-9-11/h6-7,9-10,16H,5,8H2,1-4H3. The number of hydrogen-bond donors (Lipinski definition) is 1. The average Bonchev–Trinajstić information content (AvgIpc) is 2.17. The second-order valence-corrected chi connectivity index (χ2v) is 5.30. The number of aromatic nitrogens is 1. The van der Waals surface area contributed by atoms with Crippen LogP contribution in [-0.4, -0.2) is 10.5 Å². The Morgan fingerprint density at radius 1 is 1.44 bits per heavy atom. The first-order valence-electron chi connectivity index (χ1n) is 5.84. The fourth-order valence-electron chi connectivity index (χ4n) is 2.01. The summed E-state index contributed by atoms with van der Waals surface area (Å²) in [5, 5.41) is 4.15. The van der Waals surface area contributed by atoms with Crippen molar-refractivity contribution >= 4 is 11.6 Å². The molecule has 16 heavy (non-hydrogen) atoms. The van der Waals surface area contributed by atoms with Crippen molar-refractivity contribution in [3.8, 4) is 0 Å². The monoisotopic (exact) mass is 240 g/mol. The molecule has 1 atom stereocenters. The minimum Gasteiger partial charge on any atom is -0.305 e. The third-order valence-electron chi connectivity index (χ3n) is 2.73. The maximum Gasteiger partial charge on any atom is 0.129 e. The van der Waals surface area contributed by atoms with Gasteiger partial charge in [0, 0.05) is 17.8 Å². The third kappa shape index (κ3) is 4.11. The van der Waals surface area contributed by atoms with Gasteiger partial charge in [0.15, 0.2) is 0 Å². The van der Waals surface area contributed by atoms with Gasteiger partial charge in [0.05, 0.1) is 0 Å². The number of hydrogen-bond acceptors (Lipinski definition) is 2. The van der Waals surface area contributed by atoms with Gasteiger partial charge in [-0.25, -0.2) is 4.98 Å². The molecule has 0 bridgehead atoms. The van der Waals surface area contributed by atoms with E-state index in [0.717, 1.165) is 0 Å². The minimum atomic E-state index is 0.161. The molecule has 0 saturated carbocycles. The van der Waals surface area contributed by atoms with Crippen molar-refractivity contribution in [3.63, 3.8) is 0 Å². The molecule has 1 aromatic rings. The Hall–Kier alpha value is -0.600. The van der Waals surface area contributed by atoms with Crippen LogP contribution in [0.4, 0.5) is 0 Å². The van der Waals surface area contributed by atoms with Crippen LogP contribution in [0.2, 0.25) is 5.15 Å². The van der Waals surface area contributed by atoms with Gasteiger partial charge in [-0.3, -0.25) is 0 Å². The van der Waals surface area contributed by atoms with Crippen molar-refractivity contribution in [2.45, 2.75) is 52.1 Å². The quantitative estimate of drug-likeness (QED) is 0.788. The summed E-state index contributed by atoms with van der Waals surface area (Å²) in [6.07, 6.45) is 4.19. The molecule has 0 spiro atoms. The molecule has 0 saturated heterocycles. The zero-order chi connectivity index (χ0) is 12.2. The summed E-state index contributed by atoms with van der Waals surface area (Å²) < 4.78 is 0. The van der Waals surface area contributed by atoms with Crippen molar-refractivity contribution in [1.82, 2.24) is 10.3 Å². The summed E-state index contributed by atoms with van der Waals surface area (Å²) >= 11 is 5.77. The van der Waals surface area contributed by atoms with Crippen molar-refractivity contribution in [2.24, 2.45) is 0 Å². The van der Waals surface area contributed by atoms with E-state index < -0.39 is 0 Å². The summed E-state index contributed by atoms with van der Waals surface area (Å²) in [6, 6.07) is 4.16. The third-order valence-corrected chi connectivity index (χ3v) is 2.96. The smallest absolute Gasteiger partial charge is 0.129 e. The topological polar surface area (TPSA) is 24.9 Å². The number of pyridine rings is 1. The van der Waals surface area contributed by atoms with Crippen LogP contribution in [0.1, 0.15) is 52.1 Å². The molecule has 1 N–H and O–H groups in total. The largest absolute Gasteiger partial charge is 0.305 e. The molecular weight excluding hydrogens is 220 g/mol. The molecule has 0 fully saturated rings. The molecule has 1 heterocycles. The van der Waals surface area contributed by atoms with Gasteiger partial charge in [-0.2, -0.15) is 0 Å². The van der Waals surface area contributed by atoms with Crippen molar-refractivity contribution in [2.75, 3.05) is 0 Å². The average molecular weight is 241 g/mol. The van der Waals surface area contributed by atoms with Crippen molar-refractivity contribution < 1.29 is 0 Å². The van der Waals surface area contributed by atoms with E-state index in [9.17, 15) is 0 Å². The van der Waals surface area contributed by atoms with E-state index in [4.69, 9.17) is 11.6 Å². The molecule has 3 heteroatoms. The molecule has 1 unspecified atom stereocenters. The summed E-state index contributed by atoms with van der Waals surface area (Å²) in [5.74, 6) is 0. The normalized spacial score (nSPS) is 13.8. The fourth-order valence-corrected chi connectivity index (χ4v) is 2.12. The van der Waals surface area contributed by atoms with Crippen LogP contribution in [0.25, 0.3) is 0 Å². The van der Waals surface area contributed by atoms with E-state index >= 15 is 0 Å². The molecule has 0 amide bonds. The highest BCUT2D eigenvalue weighted by molar-refractivity contribution is 6.29. The Kier molecular flexibility index (Phi) is 4.75. The Balaban J connectivity index is 2.64. The molecule has 90 valence electrons. The number of nitrogens with zero attached hydrogens (tertiary/aromatic N) is 1. The maximum absolute atomic E-state index is 5.77. The first-order valence-corrected chi connectivity index (χ1v) is 6.21. The molecule has 0 aliphatic heterocycles. The molecule has 0 aromatic carbocycles. The molecule has 0 aliphatic rings. The number of halogens is 1. The molecule has 0 aliphatic carbocycles. The summed E-state index contributed by atoms with van der Waals surface area (Å²) in [5.41, 5.74) is 1.34. The van der Waals surface area contributed by atoms with Crippen LogP contribution in [0, 0.1) is 0 Å². The predicted molar refractivity (Wildman–Crippen MR) is 69.8 cm³/mol. The fraction of sp³-hybridized carbons (Fsp3) is 0.615. The van der Waals surface area contributed by atoms with Crippen LogP contribution in [-0.2, 0) is 0 Å². The minimum absolute atomic E-state index is 0.161. The van der Waals surface area contributed by atoms with E-state index in [0.29, 0.717) is 11.2 Å². The number of rotatable bonds is 5. The summed E-state index contributed by atoms with van der Waals surface area (Å²) in [6.45, 7) is 8.83. The van der Waals surface area contributed by atoms with Crippen LogP contribution in [0.15, 0.2) is 18.3 Å². The molecule has 0 radical (unpaired) electrons. The first-order chi connectivity index (χ1) is 7.44. The van der Waals surface area contributed by atoms with E-state index in [1.165, 1.54) is 18.4 Å². The van der Waals surface area contributed by atoms with Gasteiger partial charge < -0.3 is 5.32 Å². The Morgan fingerprint density at radius 3 is 2.62 bits per heavy atom. The second kappa shape index (κ2) is 5.65. The van der Waals surface area contributed by atoms with Gasteiger partial charge >= 0.3 is 0 Å². The number of nitrogens with one attached hydrogen (secondary N) is 1. The van der Waals surface area contributed by atoms with Gasteiger partial charge in [-0.05, 0) is 38.8 Å². The Morgan fingerprint density at radius 2 is 2.12 bits per heavy atom. The van der Waals surface area contributed by atoms with Crippen molar-refractivity contribution in [1.29, 1.82) is 0 Å². The van der Waals surface area contributed by atoms with Gasteiger partial charge in [0.2, 0.25) is 0 Å². The van der Waals surface area contributed by atoms with Gasteiger partial charge in [0.25, 0.3) is 0 Å². The summed E-state index contributed by atoms with van der Waals surface area (Å²) in [7, 11) is 0. The second-order valence-electron chi connectivity index (χ2n) is 4.91. The van der Waals surface area contributed by atoms with Crippen LogP contribution in [0.3, 0.4) is 0 Å². The lowest BCUT2D eigenvalue weighted by molar-refractivity contribution is 0.323. The lowest BCUT2D eigenvalue weighted by atomic mass is 9.96. The van der Waals surface area contributed by atoms with Gasteiger partial charge in [0.1, 0.15) is 5.15 Å². The van der Waals surface area contributed by atoms with E-state index in [2.05, 4.69) is 38.0 Å². The molecule has 1 rings (SSSR count). The van der Waals surface area contributed by atoms with Crippen molar-refractivity contribution in [3.05, 3.63) is 29.0 Å². The van der Waals surface area contributed by atoms with Crippen LogP contribution in [0.5, 0.6) is 0 Å². The van der Waals surface area contributed by atoms with Crippen LogP contribution < -0.4 is 5.32 Å². The van der Waals surface area contributed by atoms with Crippen LogP contribution >= 0.6 is 11.6 Å². The predicted octanol–water partition coefficient (Wildman–Crippen LogP) is 3.96. The first kappa shape index (κ1) is 13.5. The lowest BCUT2D eigenvalue weighted by Crippen LogP contribution is -2.40. The zero-order valence-electron chi connectivity index (χ0n) is 10.5. The zero-order valence-corrected chi connectivity index (χ0v) is 11.3. The highest BCUT2D eigenvalue weighted by Gasteiger charge is 2.19. The Bertz CT molecular complexity index is 319. The van der Waals surface area contributed by atoms with E-state index in [-0.39, 0.29) is 5.54 Å². The van der Waals surface area contributed by atoms with Gasteiger partial charge in [-0.1, -0.05) is 31.0 Å². The lowest BCUT2D eigenvalue weighted by Gasteiger charge is -2.30. The molecule has 1 aromatic heterocycles. The highest BCUT2D eigenvalue weighted by Crippen LogP contribution is 2.19. The highest BCUT2D eigenvalue weighted by atomic mass is 35.5. The van der Waals surface area contributed by atoms with Gasteiger partial charge in [-0.15, -0.1) is 0 Å². The molecule has 2 nitrogen and oxygen atoms in total. The SMILES string of the molecule is CCCC(C)(C)NC(C)c1ccc(Cl)nc1. The Labute approximate surface area is 103 Å². The maximum atomic E-state index is 5.77. The molecular formula is C13H21ClN2.